The van der Waals surface area contributed by atoms with E-state index in [-0.39, 0.29) is 6.10 Å². The molecule has 2 saturated heterocycles. The Kier molecular flexibility index (Phi) is 9.20. The van der Waals surface area contributed by atoms with E-state index in [2.05, 4.69) is 32.2 Å². The molecule has 1 N–H and O–H groups in total. The predicted molar refractivity (Wildman–Crippen MR) is 139 cm³/mol. The summed E-state index contributed by atoms with van der Waals surface area (Å²) in [5, 5.41) is 3.32. The smallest absolute Gasteiger partial charge is 0.138 e. The third kappa shape index (κ3) is 8.46. The van der Waals surface area contributed by atoms with Gasteiger partial charge in [-0.3, -0.25) is 15.0 Å². The van der Waals surface area contributed by atoms with Gasteiger partial charge >= 0.3 is 0 Å². The van der Waals surface area contributed by atoms with Gasteiger partial charge in [0, 0.05) is 50.3 Å². The van der Waals surface area contributed by atoms with E-state index >= 15 is 0 Å². The molecule has 0 aliphatic carbocycles. The summed E-state index contributed by atoms with van der Waals surface area (Å²) in [5.74, 6) is 2.39. The molecule has 0 spiro atoms. The molecule has 0 amide bonds. The van der Waals surface area contributed by atoms with Gasteiger partial charge in [-0.1, -0.05) is 12.2 Å². The zero-order valence-corrected chi connectivity index (χ0v) is 20.6. The number of aryl methyl sites for hydroxylation is 1. The minimum atomic E-state index is 0.274. The lowest BCUT2D eigenvalue weighted by molar-refractivity contribution is 0.207. The zero-order chi connectivity index (χ0) is 24.3. The normalized spacial score (nSPS) is 19.9. The SMILES string of the molecule is CN1CC[C@@H](Oc2cncc(/C=C/c3ccncc3)c2)C1.Cc1cncc(OC[C@@H]2CCNC2)c1. The summed E-state index contributed by atoms with van der Waals surface area (Å²) in [4.78, 5) is 14.6. The number of hydrogen-bond donors (Lipinski definition) is 1. The lowest BCUT2D eigenvalue weighted by Crippen LogP contribution is -2.21. The lowest BCUT2D eigenvalue weighted by Gasteiger charge is -2.13. The van der Waals surface area contributed by atoms with Crippen molar-refractivity contribution in [1.29, 1.82) is 0 Å². The molecule has 0 unspecified atom stereocenters. The van der Waals surface area contributed by atoms with E-state index < -0.39 is 0 Å². The maximum Gasteiger partial charge on any atom is 0.138 e. The minimum Gasteiger partial charge on any atom is -0.492 e. The van der Waals surface area contributed by atoms with Crippen molar-refractivity contribution in [1.82, 2.24) is 25.2 Å². The van der Waals surface area contributed by atoms with Gasteiger partial charge in [-0.15, -0.1) is 0 Å². The van der Waals surface area contributed by atoms with Crippen LogP contribution in [0.25, 0.3) is 12.2 Å². The fourth-order valence-corrected chi connectivity index (χ4v) is 4.12. The average molecular weight is 474 g/mol. The molecule has 3 aromatic rings. The molecule has 3 aromatic heterocycles. The summed E-state index contributed by atoms with van der Waals surface area (Å²) in [5.41, 5.74) is 3.30. The fourth-order valence-electron chi connectivity index (χ4n) is 4.12. The molecule has 7 nitrogen and oxygen atoms in total. The van der Waals surface area contributed by atoms with Gasteiger partial charge < -0.3 is 19.7 Å². The van der Waals surface area contributed by atoms with Crippen molar-refractivity contribution in [2.75, 3.05) is 39.8 Å². The van der Waals surface area contributed by atoms with Gasteiger partial charge in [0.1, 0.15) is 17.6 Å². The van der Waals surface area contributed by atoms with Crippen LogP contribution in [-0.4, -0.2) is 65.8 Å². The molecular formula is C28H35N5O2. The monoisotopic (exact) mass is 473 g/mol. The zero-order valence-electron chi connectivity index (χ0n) is 20.6. The van der Waals surface area contributed by atoms with Crippen LogP contribution in [0.1, 0.15) is 29.5 Å². The van der Waals surface area contributed by atoms with E-state index in [1.165, 1.54) is 6.42 Å². The first-order chi connectivity index (χ1) is 17.1. The lowest BCUT2D eigenvalue weighted by atomic mass is 10.1. The molecule has 5 heterocycles. The van der Waals surface area contributed by atoms with E-state index in [0.717, 1.165) is 67.4 Å². The molecule has 35 heavy (non-hydrogen) atoms. The highest BCUT2D eigenvalue weighted by Crippen LogP contribution is 2.19. The number of ether oxygens (including phenoxy) is 2. The van der Waals surface area contributed by atoms with Crippen LogP contribution in [0.3, 0.4) is 0 Å². The van der Waals surface area contributed by atoms with E-state index in [0.29, 0.717) is 5.92 Å². The van der Waals surface area contributed by atoms with Crippen molar-refractivity contribution in [3.63, 3.8) is 0 Å². The van der Waals surface area contributed by atoms with Crippen LogP contribution < -0.4 is 14.8 Å². The van der Waals surface area contributed by atoms with Gasteiger partial charge in [-0.2, -0.15) is 0 Å². The minimum absolute atomic E-state index is 0.274. The number of pyridine rings is 3. The van der Waals surface area contributed by atoms with Crippen molar-refractivity contribution in [2.45, 2.75) is 25.9 Å². The second kappa shape index (κ2) is 13.0. The Labute approximate surface area is 208 Å². The Bertz CT molecular complexity index is 1070. The summed E-state index contributed by atoms with van der Waals surface area (Å²) in [6.45, 7) is 7.12. The number of aromatic nitrogens is 3. The number of likely N-dealkylation sites (tertiary alicyclic amines) is 1. The van der Waals surface area contributed by atoms with Gasteiger partial charge in [-0.05, 0) is 74.3 Å². The number of hydrogen-bond acceptors (Lipinski definition) is 7. The molecule has 5 rings (SSSR count). The molecule has 0 radical (unpaired) electrons. The van der Waals surface area contributed by atoms with Gasteiger partial charge in [0.2, 0.25) is 0 Å². The van der Waals surface area contributed by atoms with Crippen LogP contribution in [0.2, 0.25) is 0 Å². The number of likely N-dealkylation sites (N-methyl/N-ethyl adjacent to an activating group) is 1. The first kappa shape index (κ1) is 24.8. The summed E-state index contributed by atoms with van der Waals surface area (Å²) in [6, 6.07) is 8.00. The van der Waals surface area contributed by atoms with Crippen molar-refractivity contribution < 1.29 is 9.47 Å². The van der Waals surface area contributed by atoms with E-state index in [9.17, 15) is 0 Å². The molecular weight excluding hydrogens is 438 g/mol. The molecule has 2 aliphatic rings. The first-order valence-corrected chi connectivity index (χ1v) is 12.3. The predicted octanol–water partition coefficient (Wildman–Crippen LogP) is 4.11. The van der Waals surface area contributed by atoms with Crippen LogP contribution >= 0.6 is 0 Å². The van der Waals surface area contributed by atoms with E-state index in [4.69, 9.17) is 9.47 Å². The number of nitrogens with one attached hydrogen (secondary N) is 1. The highest BCUT2D eigenvalue weighted by atomic mass is 16.5. The summed E-state index contributed by atoms with van der Waals surface area (Å²) in [6.07, 6.45) is 17.5. The van der Waals surface area contributed by atoms with Crippen LogP contribution in [0.4, 0.5) is 0 Å². The molecule has 2 fully saturated rings. The highest BCUT2D eigenvalue weighted by Gasteiger charge is 2.20. The van der Waals surface area contributed by atoms with E-state index in [1.54, 1.807) is 24.8 Å². The molecule has 0 bridgehead atoms. The summed E-state index contributed by atoms with van der Waals surface area (Å²) < 4.78 is 11.7. The van der Waals surface area contributed by atoms with Crippen molar-refractivity contribution in [3.8, 4) is 11.5 Å². The van der Waals surface area contributed by atoms with Gasteiger partial charge in [0.15, 0.2) is 0 Å². The van der Waals surface area contributed by atoms with Gasteiger partial charge in [0.05, 0.1) is 19.0 Å². The number of rotatable bonds is 7. The average Bonchev–Trinajstić information content (AvgIpc) is 3.55. The standard InChI is InChI=1S/C17H19N3O.C11H16N2O/c1-20-9-6-16(13-20)21-17-10-15(11-19-12-17)3-2-14-4-7-18-8-5-14;1-9-4-11(7-13-5-9)14-8-10-2-3-12-6-10/h2-5,7-8,10-12,16H,6,9,13H2,1H3;4-5,7,10,12H,2-3,6,8H2,1H3/b3-2+;/t16-;10-/m11/s1. The number of nitrogens with zero attached hydrogens (tertiary/aromatic N) is 4. The van der Waals surface area contributed by atoms with Gasteiger partial charge in [0.25, 0.3) is 0 Å². The Morgan fingerprint density at radius 1 is 0.971 bits per heavy atom. The Balaban J connectivity index is 0.000000179. The molecule has 0 aromatic carbocycles. The van der Waals surface area contributed by atoms with Crippen LogP contribution in [0.15, 0.2) is 61.4 Å². The topological polar surface area (TPSA) is 72.4 Å². The Morgan fingerprint density at radius 3 is 2.51 bits per heavy atom. The Morgan fingerprint density at radius 2 is 1.77 bits per heavy atom. The van der Waals surface area contributed by atoms with Crippen molar-refractivity contribution in [2.24, 2.45) is 5.92 Å². The quantitative estimate of drug-likeness (QED) is 0.554. The van der Waals surface area contributed by atoms with Crippen LogP contribution in [0.5, 0.6) is 11.5 Å². The second-order valence-corrected chi connectivity index (χ2v) is 9.23. The Hall–Kier alpha value is -3.29. The van der Waals surface area contributed by atoms with E-state index in [1.807, 2.05) is 55.7 Å². The van der Waals surface area contributed by atoms with Crippen LogP contribution in [-0.2, 0) is 0 Å². The third-order valence-corrected chi connectivity index (χ3v) is 6.06. The maximum absolute atomic E-state index is 5.99. The fraction of sp³-hybridized carbons (Fsp3) is 0.393. The summed E-state index contributed by atoms with van der Waals surface area (Å²) in [7, 11) is 2.12. The molecule has 0 saturated carbocycles. The summed E-state index contributed by atoms with van der Waals surface area (Å²) >= 11 is 0. The second-order valence-electron chi connectivity index (χ2n) is 9.23. The van der Waals surface area contributed by atoms with Crippen LogP contribution in [0, 0.1) is 12.8 Å². The third-order valence-electron chi connectivity index (χ3n) is 6.06. The first-order valence-electron chi connectivity index (χ1n) is 12.3. The molecule has 2 aliphatic heterocycles. The largest absolute Gasteiger partial charge is 0.492 e. The maximum atomic E-state index is 5.99. The van der Waals surface area contributed by atoms with Gasteiger partial charge in [-0.25, -0.2) is 0 Å². The molecule has 7 heteroatoms. The highest BCUT2D eigenvalue weighted by molar-refractivity contribution is 5.69. The van der Waals surface area contributed by atoms with Crippen molar-refractivity contribution >= 4 is 12.2 Å². The molecule has 2 atom stereocenters. The van der Waals surface area contributed by atoms with Crippen molar-refractivity contribution in [3.05, 3.63) is 78.1 Å². The molecule has 184 valence electrons.